The van der Waals surface area contributed by atoms with Crippen LogP contribution in [0.15, 0.2) is 23.1 Å². The molecule has 1 aromatic rings. The fourth-order valence-electron chi connectivity index (χ4n) is 2.78. The molecule has 0 spiro atoms. The van der Waals surface area contributed by atoms with Crippen molar-refractivity contribution < 1.29 is 22.7 Å². The molecular formula is C17H25N3O5S. The maximum Gasteiger partial charge on any atom is 0.246 e. The van der Waals surface area contributed by atoms with Crippen molar-refractivity contribution in [1.29, 1.82) is 0 Å². The summed E-state index contributed by atoms with van der Waals surface area (Å²) in [5, 5.41) is 5.19. The number of anilines is 1. The Hall–Kier alpha value is -2.13. The lowest BCUT2D eigenvalue weighted by Crippen LogP contribution is -2.35. The van der Waals surface area contributed by atoms with Crippen LogP contribution in [0.3, 0.4) is 0 Å². The maximum atomic E-state index is 12.9. The second kappa shape index (κ2) is 9.00. The summed E-state index contributed by atoms with van der Waals surface area (Å²) in [5.41, 5.74) is 0.370. The van der Waals surface area contributed by atoms with Crippen molar-refractivity contribution in [2.24, 2.45) is 0 Å². The molecule has 0 saturated carbocycles. The first-order valence-corrected chi connectivity index (χ1v) is 10.0. The average molecular weight is 383 g/mol. The molecule has 2 N–H and O–H groups in total. The molecule has 1 fully saturated rings. The van der Waals surface area contributed by atoms with Gasteiger partial charge in [0.25, 0.3) is 0 Å². The maximum absolute atomic E-state index is 12.9. The molecule has 26 heavy (non-hydrogen) atoms. The van der Waals surface area contributed by atoms with Gasteiger partial charge < -0.3 is 15.4 Å². The number of carbonyl (C=O) groups is 2. The molecule has 1 heterocycles. The van der Waals surface area contributed by atoms with Crippen molar-refractivity contribution in [2.45, 2.75) is 37.5 Å². The molecule has 0 aliphatic carbocycles. The van der Waals surface area contributed by atoms with E-state index in [1.165, 1.54) is 30.5 Å². The van der Waals surface area contributed by atoms with Crippen LogP contribution in [0.5, 0.6) is 5.75 Å². The van der Waals surface area contributed by atoms with Crippen LogP contribution in [-0.2, 0) is 19.6 Å². The van der Waals surface area contributed by atoms with Crippen molar-refractivity contribution in [3.05, 3.63) is 18.2 Å². The van der Waals surface area contributed by atoms with Crippen LogP contribution in [0.4, 0.5) is 5.69 Å². The van der Waals surface area contributed by atoms with E-state index in [2.05, 4.69) is 10.6 Å². The third-order valence-electron chi connectivity index (χ3n) is 4.11. The highest BCUT2D eigenvalue weighted by Crippen LogP contribution is 2.31. The molecule has 0 unspecified atom stereocenters. The van der Waals surface area contributed by atoms with E-state index in [0.29, 0.717) is 18.8 Å². The molecule has 1 aliphatic heterocycles. The zero-order valence-electron chi connectivity index (χ0n) is 15.1. The predicted octanol–water partition coefficient (Wildman–Crippen LogP) is 1.33. The van der Waals surface area contributed by atoms with Gasteiger partial charge in [0, 0.05) is 38.7 Å². The molecule has 1 aromatic carbocycles. The summed E-state index contributed by atoms with van der Waals surface area (Å²) >= 11 is 0. The van der Waals surface area contributed by atoms with Crippen molar-refractivity contribution in [1.82, 2.24) is 9.62 Å². The van der Waals surface area contributed by atoms with Gasteiger partial charge in [0.15, 0.2) is 0 Å². The highest BCUT2D eigenvalue weighted by molar-refractivity contribution is 7.89. The number of benzene rings is 1. The van der Waals surface area contributed by atoms with E-state index in [1.54, 1.807) is 6.07 Å². The van der Waals surface area contributed by atoms with Gasteiger partial charge in [0.2, 0.25) is 21.8 Å². The molecule has 1 aliphatic rings. The summed E-state index contributed by atoms with van der Waals surface area (Å²) in [6, 6.07) is 4.53. The van der Waals surface area contributed by atoms with Gasteiger partial charge in [0.05, 0.1) is 7.11 Å². The molecule has 8 nitrogen and oxygen atoms in total. The van der Waals surface area contributed by atoms with Gasteiger partial charge in [0.1, 0.15) is 10.6 Å². The van der Waals surface area contributed by atoms with Gasteiger partial charge >= 0.3 is 0 Å². The number of carbonyl (C=O) groups excluding carboxylic acids is 2. The lowest BCUT2D eigenvalue weighted by molar-refractivity contribution is -0.119. The number of hydrogen-bond donors (Lipinski definition) is 2. The van der Waals surface area contributed by atoms with Crippen molar-refractivity contribution in [3.8, 4) is 5.75 Å². The quantitative estimate of drug-likeness (QED) is 0.739. The first-order valence-electron chi connectivity index (χ1n) is 8.57. The molecule has 144 valence electrons. The Balaban J connectivity index is 2.17. The zero-order valence-corrected chi connectivity index (χ0v) is 15.9. The van der Waals surface area contributed by atoms with Gasteiger partial charge in [-0.1, -0.05) is 6.42 Å². The predicted molar refractivity (Wildman–Crippen MR) is 97.5 cm³/mol. The standard InChI is InChI=1S/C17H25N3O5S/c1-13(21)18-9-8-17(22)19-14-6-7-15(25-2)16(12-14)26(23,24)20-10-4-3-5-11-20/h6-7,12H,3-5,8-11H2,1-2H3,(H,18,21)(H,19,22). The van der Waals surface area contributed by atoms with Gasteiger partial charge in [-0.3, -0.25) is 9.59 Å². The molecule has 9 heteroatoms. The van der Waals surface area contributed by atoms with E-state index in [-0.39, 0.29) is 35.4 Å². The van der Waals surface area contributed by atoms with Crippen molar-refractivity contribution in [3.63, 3.8) is 0 Å². The van der Waals surface area contributed by atoms with E-state index in [0.717, 1.165) is 19.3 Å². The number of sulfonamides is 1. The van der Waals surface area contributed by atoms with Crippen molar-refractivity contribution >= 4 is 27.5 Å². The second-order valence-corrected chi connectivity index (χ2v) is 8.02. The number of amides is 2. The van der Waals surface area contributed by atoms with E-state index in [4.69, 9.17) is 4.74 Å². The van der Waals surface area contributed by atoms with Crippen LogP contribution >= 0.6 is 0 Å². The van der Waals surface area contributed by atoms with E-state index in [9.17, 15) is 18.0 Å². The van der Waals surface area contributed by atoms with Crippen LogP contribution < -0.4 is 15.4 Å². The topological polar surface area (TPSA) is 105 Å². The number of hydrogen-bond acceptors (Lipinski definition) is 5. The van der Waals surface area contributed by atoms with Gasteiger partial charge in [-0.2, -0.15) is 4.31 Å². The smallest absolute Gasteiger partial charge is 0.246 e. The van der Waals surface area contributed by atoms with Crippen LogP contribution in [0.2, 0.25) is 0 Å². The monoisotopic (exact) mass is 383 g/mol. The molecule has 2 amide bonds. The van der Waals surface area contributed by atoms with Crippen LogP contribution in [0, 0.1) is 0 Å². The molecule has 0 aromatic heterocycles. The second-order valence-electron chi connectivity index (χ2n) is 6.11. The number of methoxy groups -OCH3 is 1. The summed E-state index contributed by atoms with van der Waals surface area (Å²) in [7, 11) is -2.28. The fourth-order valence-corrected chi connectivity index (χ4v) is 4.47. The van der Waals surface area contributed by atoms with E-state index in [1.807, 2.05) is 0 Å². The molecule has 1 saturated heterocycles. The van der Waals surface area contributed by atoms with E-state index >= 15 is 0 Å². The fraction of sp³-hybridized carbons (Fsp3) is 0.529. The van der Waals surface area contributed by atoms with Gasteiger partial charge in [-0.05, 0) is 31.0 Å². The average Bonchev–Trinajstić information content (AvgIpc) is 2.62. The molecular weight excluding hydrogens is 358 g/mol. The first kappa shape index (κ1) is 20.2. The summed E-state index contributed by atoms with van der Waals surface area (Å²) in [6.45, 7) is 2.56. The third-order valence-corrected chi connectivity index (χ3v) is 6.03. The molecule has 2 rings (SSSR count). The summed E-state index contributed by atoms with van der Waals surface area (Å²) in [4.78, 5) is 22.8. The number of ether oxygens (including phenoxy) is 1. The third kappa shape index (κ3) is 5.18. The summed E-state index contributed by atoms with van der Waals surface area (Å²) in [5.74, 6) is -0.283. The minimum absolute atomic E-state index is 0.0431. The Labute approximate surface area is 153 Å². The Morgan fingerprint density at radius 3 is 2.50 bits per heavy atom. The summed E-state index contributed by atoms with van der Waals surface area (Å²) in [6.07, 6.45) is 2.79. The Kier molecular flexibility index (Phi) is 6.98. The van der Waals surface area contributed by atoms with Crippen molar-refractivity contribution in [2.75, 3.05) is 32.1 Å². The van der Waals surface area contributed by atoms with Gasteiger partial charge in [-0.25, -0.2) is 8.42 Å². The largest absolute Gasteiger partial charge is 0.495 e. The van der Waals surface area contributed by atoms with Gasteiger partial charge in [-0.15, -0.1) is 0 Å². The highest BCUT2D eigenvalue weighted by atomic mass is 32.2. The Morgan fingerprint density at radius 2 is 1.88 bits per heavy atom. The number of piperidine rings is 1. The van der Waals surface area contributed by atoms with Crippen LogP contribution in [-0.4, -0.2) is 51.3 Å². The molecule has 0 atom stereocenters. The number of rotatable bonds is 7. The van der Waals surface area contributed by atoms with Crippen LogP contribution in [0.1, 0.15) is 32.6 Å². The minimum Gasteiger partial charge on any atom is -0.495 e. The zero-order chi connectivity index (χ0) is 19.2. The SMILES string of the molecule is COc1ccc(NC(=O)CCNC(C)=O)cc1S(=O)(=O)N1CCCCC1. The number of nitrogens with zero attached hydrogens (tertiary/aromatic N) is 1. The van der Waals surface area contributed by atoms with E-state index < -0.39 is 10.0 Å². The molecule has 0 radical (unpaired) electrons. The lowest BCUT2D eigenvalue weighted by Gasteiger charge is -2.26. The number of nitrogens with one attached hydrogen (secondary N) is 2. The highest BCUT2D eigenvalue weighted by Gasteiger charge is 2.29. The lowest BCUT2D eigenvalue weighted by atomic mass is 10.2. The summed E-state index contributed by atoms with van der Waals surface area (Å²) < 4.78 is 32.5. The first-order chi connectivity index (χ1) is 12.3. The Morgan fingerprint density at radius 1 is 1.19 bits per heavy atom. The minimum atomic E-state index is -3.69. The Bertz CT molecular complexity index is 758. The molecule has 0 bridgehead atoms. The van der Waals surface area contributed by atoms with Crippen LogP contribution in [0.25, 0.3) is 0 Å². The normalized spacial score (nSPS) is 15.3.